The molecule has 0 saturated carbocycles. The Morgan fingerprint density at radius 1 is 1.26 bits per heavy atom. The molecule has 6 nitrogen and oxygen atoms in total. The number of fused-ring (bicyclic) bond motifs is 1. The van der Waals surface area contributed by atoms with Gasteiger partial charge in [-0.25, -0.2) is 4.98 Å². The highest BCUT2D eigenvalue weighted by Crippen LogP contribution is 2.38. The molecule has 0 N–H and O–H groups in total. The summed E-state index contributed by atoms with van der Waals surface area (Å²) in [5.74, 6) is 0.737. The van der Waals surface area contributed by atoms with Crippen molar-refractivity contribution in [2.75, 3.05) is 13.2 Å². The third-order valence-corrected chi connectivity index (χ3v) is 5.01. The Balaban J connectivity index is 1.36. The van der Waals surface area contributed by atoms with Crippen molar-refractivity contribution in [3.8, 4) is 22.2 Å². The molecule has 2 aromatic heterocycles. The second kappa shape index (κ2) is 7.94. The van der Waals surface area contributed by atoms with Gasteiger partial charge in [-0.1, -0.05) is 17.7 Å². The van der Waals surface area contributed by atoms with Crippen LogP contribution >= 0.6 is 22.9 Å². The van der Waals surface area contributed by atoms with E-state index in [2.05, 4.69) is 9.97 Å². The van der Waals surface area contributed by atoms with Gasteiger partial charge in [-0.3, -0.25) is 9.78 Å². The maximum atomic E-state index is 12.1. The highest BCUT2D eigenvalue weighted by molar-refractivity contribution is 7.13. The molecule has 0 bridgehead atoms. The fourth-order valence-electron chi connectivity index (χ4n) is 2.61. The quantitative estimate of drug-likeness (QED) is 0.602. The van der Waals surface area contributed by atoms with Gasteiger partial charge in [0.05, 0.1) is 22.8 Å². The molecule has 0 saturated heterocycles. The Bertz CT molecular complexity index is 962. The summed E-state index contributed by atoms with van der Waals surface area (Å²) >= 11 is 7.64. The van der Waals surface area contributed by atoms with Gasteiger partial charge in [-0.05, 0) is 29.8 Å². The number of aromatic nitrogens is 2. The minimum atomic E-state index is -0.362. The summed E-state index contributed by atoms with van der Waals surface area (Å²) in [6.45, 7) is 1.04. The number of hydrogen-bond acceptors (Lipinski definition) is 7. The third kappa shape index (κ3) is 4.20. The molecule has 0 amide bonds. The maximum Gasteiger partial charge on any atom is 0.312 e. The van der Waals surface area contributed by atoms with Crippen LogP contribution in [0.1, 0.15) is 11.3 Å². The van der Waals surface area contributed by atoms with Crippen LogP contribution in [0, 0.1) is 0 Å². The van der Waals surface area contributed by atoms with Crippen LogP contribution in [0.5, 0.6) is 11.5 Å². The van der Waals surface area contributed by atoms with Crippen LogP contribution in [-0.2, 0) is 22.6 Å². The smallest absolute Gasteiger partial charge is 0.312 e. The Morgan fingerprint density at radius 2 is 2.15 bits per heavy atom. The number of carbonyl (C=O) groups excluding carboxylic acids is 1. The summed E-state index contributed by atoms with van der Waals surface area (Å²) < 4.78 is 16.4. The van der Waals surface area contributed by atoms with Crippen molar-refractivity contribution in [1.29, 1.82) is 0 Å². The predicted molar refractivity (Wildman–Crippen MR) is 101 cm³/mol. The minimum Gasteiger partial charge on any atom is -0.486 e. The summed E-state index contributed by atoms with van der Waals surface area (Å²) in [5.41, 5.74) is 2.18. The molecule has 8 heteroatoms. The number of pyridine rings is 1. The average molecular weight is 403 g/mol. The van der Waals surface area contributed by atoms with Crippen LogP contribution in [0.2, 0.25) is 5.02 Å². The molecule has 0 spiro atoms. The van der Waals surface area contributed by atoms with Gasteiger partial charge < -0.3 is 14.2 Å². The summed E-state index contributed by atoms with van der Waals surface area (Å²) in [4.78, 5) is 20.8. The summed E-state index contributed by atoms with van der Waals surface area (Å²) in [5, 5.41) is 3.06. The molecule has 3 aromatic rings. The highest BCUT2D eigenvalue weighted by Gasteiger charge is 2.17. The molecule has 0 radical (unpaired) electrons. The van der Waals surface area contributed by atoms with Crippen LogP contribution in [0.4, 0.5) is 0 Å². The molecule has 1 aliphatic rings. The molecule has 27 heavy (non-hydrogen) atoms. The van der Waals surface area contributed by atoms with E-state index in [4.69, 9.17) is 25.8 Å². The largest absolute Gasteiger partial charge is 0.486 e. The number of ether oxygens (including phenoxy) is 3. The summed E-state index contributed by atoms with van der Waals surface area (Å²) in [6, 6.07) is 9.11. The molecular weight excluding hydrogens is 388 g/mol. The zero-order valence-electron chi connectivity index (χ0n) is 14.2. The summed E-state index contributed by atoms with van der Waals surface area (Å²) in [6.07, 6.45) is 1.81. The number of esters is 1. The van der Waals surface area contributed by atoms with Crippen LogP contribution in [0.25, 0.3) is 10.7 Å². The van der Waals surface area contributed by atoms with Gasteiger partial charge in [-0.2, -0.15) is 0 Å². The Hall–Kier alpha value is -2.64. The van der Waals surface area contributed by atoms with E-state index in [-0.39, 0.29) is 19.0 Å². The third-order valence-electron chi connectivity index (χ3n) is 3.82. The van der Waals surface area contributed by atoms with Crippen molar-refractivity contribution in [1.82, 2.24) is 9.97 Å². The molecule has 1 aliphatic heterocycles. The van der Waals surface area contributed by atoms with Gasteiger partial charge in [0.15, 0.2) is 11.5 Å². The number of benzene rings is 1. The molecule has 0 fully saturated rings. The first-order valence-electron chi connectivity index (χ1n) is 8.28. The van der Waals surface area contributed by atoms with Gasteiger partial charge in [0, 0.05) is 11.6 Å². The fourth-order valence-corrected chi connectivity index (χ4v) is 3.69. The van der Waals surface area contributed by atoms with Crippen molar-refractivity contribution < 1.29 is 19.0 Å². The molecular formula is C19H15ClN2O4S. The fraction of sp³-hybridized carbons (Fsp3) is 0.211. The average Bonchev–Trinajstić information content (AvgIpc) is 3.16. The van der Waals surface area contributed by atoms with Crippen molar-refractivity contribution in [2.45, 2.75) is 13.0 Å². The van der Waals surface area contributed by atoms with E-state index in [1.807, 2.05) is 23.6 Å². The Kier molecular flexibility index (Phi) is 5.22. The molecule has 138 valence electrons. The van der Waals surface area contributed by atoms with E-state index in [9.17, 15) is 4.79 Å². The van der Waals surface area contributed by atoms with Crippen LogP contribution in [0.3, 0.4) is 0 Å². The van der Waals surface area contributed by atoms with Crippen LogP contribution in [0.15, 0.2) is 41.9 Å². The second-order valence-corrected chi connectivity index (χ2v) is 7.06. The van der Waals surface area contributed by atoms with E-state index in [0.29, 0.717) is 35.4 Å². The molecule has 0 aliphatic carbocycles. The summed E-state index contributed by atoms with van der Waals surface area (Å²) in [7, 11) is 0. The standard InChI is InChI=1S/C19H15ClN2O4S/c20-14-7-12(8-16-18(14)25-6-5-24-16)10-26-17(23)9-13-11-27-19(22-13)15-3-1-2-4-21-15/h1-4,7-8,11H,5-6,9-10H2. The first-order valence-corrected chi connectivity index (χ1v) is 9.54. The minimum absolute atomic E-state index is 0.0988. The Labute approximate surface area is 164 Å². The lowest BCUT2D eigenvalue weighted by Gasteiger charge is -2.20. The number of rotatable bonds is 5. The molecule has 1 aromatic carbocycles. The van der Waals surface area contributed by atoms with Crippen molar-refractivity contribution in [2.24, 2.45) is 0 Å². The van der Waals surface area contributed by atoms with E-state index < -0.39 is 0 Å². The number of carbonyl (C=O) groups is 1. The van der Waals surface area contributed by atoms with Crippen LogP contribution in [-0.4, -0.2) is 29.2 Å². The van der Waals surface area contributed by atoms with Gasteiger partial charge in [0.25, 0.3) is 0 Å². The van der Waals surface area contributed by atoms with Gasteiger partial charge in [0.2, 0.25) is 0 Å². The van der Waals surface area contributed by atoms with Crippen molar-refractivity contribution >= 4 is 28.9 Å². The highest BCUT2D eigenvalue weighted by atomic mass is 35.5. The zero-order valence-corrected chi connectivity index (χ0v) is 15.8. The molecule has 0 atom stereocenters. The Morgan fingerprint density at radius 3 is 3.00 bits per heavy atom. The van der Waals surface area contributed by atoms with E-state index in [0.717, 1.165) is 16.3 Å². The first kappa shape index (κ1) is 17.8. The van der Waals surface area contributed by atoms with Crippen molar-refractivity contribution in [3.63, 3.8) is 0 Å². The number of halogens is 1. The van der Waals surface area contributed by atoms with E-state index in [1.165, 1.54) is 11.3 Å². The lowest BCUT2D eigenvalue weighted by Crippen LogP contribution is -2.16. The predicted octanol–water partition coefficient (Wildman–Crippen LogP) is 3.92. The number of thiazole rings is 1. The normalized spacial score (nSPS) is 12.6. The van der Waals surface area contributed by atoms with E-state index >= 15 is 0 Å². The topological polar surface area (TPSA) is 70.5 Å². The lowest BCUT2D eigenvalue weighted by atomic mass is 10.2. The number of hydrogen-bond donors (Lipinski definition) is 0. The monoisotopic (exact) mass is 402 g/mol. The maximum absolute atomic E-state index is 12.1. The lowest BCUT2D eigenvalue weighted by molar-refractivity contribution is -0.144. The molecule has 4 rings (SSSR count). The van der Waals surface area contributed by atoms with Gasteiger partial charge >= 0.3 is 5.97 Å². The molecule has 3 heterocycles. The van der Waals surface area contributed by atoms with Crippen molar-refractivity contribution in [3.05, 3.63) is 58.2 Å². The van der Waals surface area contributed by atoms with Gasteiger partial charge in [-0.15, -0.1) is 11.3 Å². The second-order valence-electron chi connectivity index (χ2n) is 5.80. The van der Waals surface area contributed by atoms with E-state index in [1.54, 1.807) is 18.3 Å². The van der Waals surface area contributed by atoms with Gasteiger partial charge in [0.1, 0.15) is 24.8 Å². The number of nitrogens with zero attached hydrogens (tertiary/aromatic N) is 2. The first-order chi connectivity index (χ1) is 13.2. The molecule has 0 unspecified atom stereocenters. The zero-order chi connectivity index (χ0) is 18.6. The SMILES string of the molecule is O=C(Cc1csc(-c2ccccn2)n1)OCc1cc(Cl)c2c(c1)OCCO2. The van der Waals surface area contributed by atoms with Crippen LogP contribution < -0.4 is 9.47 Å².